The van der Waals surface area contributed by atoms with Crippen LogP contribution in [-0.4, -0.2) is 85.4 Å². The van der Waals surface area contributed by atoms with Crippen molar-refractivity contribution in [1.29, 1.82) is 0 Å². The van der Waals surface area contributed by atoms with E-state index in [9.17, 15) is 18.0 Å². The Labute approximate surface area is 182 Å². The number of aromatic amines is 1. The molecule has 3 heterocycles. The Morgan fingerprint density at radius 1 is 1.03 bits per heavy atom. The number of H-pyrrole nitrogens is 1. The highest BCUT2D eigenvalue weighted by molar-refractivity contribution is 7.88. The van der Waals surface area contributed by atoms with Gasteiger partial charge in [0.2, 0.25) is 21.8 Å². The van der Waals surface area contributed by atoms with Crippen LogP contribution in [0.3, 0.4) is 0 Å². The smallest absolute Gasteiger partial charge is 0.223 e. The lowest BCUT2D eigenvalue weighted by Gasteiger charge is -2.33. The summed E-state index contributed by atoms with van der Waals surface area (Å²) in [5, 5.41) is 1.06. The molecule has 2 aromatic rings. The van der Waals surface area contributed by atoms with Crippen LogP contribution in [0.1, 0.15) is 24.1 Å². The molecular formula is C21H28N4O5S. The molecule has 1 aromatic carbocycles. The average Bonchev–Trinajstić information content (AvgIpc) is 3.13. The Kier molecular flexibility index (Phi) is 5.94. The molecule has 10 heteroatoms. The molecule has 0 atom stereocenters. The number of fused-ring (bicyclic) bond motifs is 3. The fourth-order valence-electron chi connectivity index (χ4n) is 4.33. The van der Waals surface area contributed by atoms with E-state index in [4.69, 9.17) is 4.74 Å². The number of benzene rings is 1. The Morgan fingerprint density at radius 2 is 1.71 bits per heavy atom. The van der Waals surface area contributed by atoms with Gasteiger partial charge in [-0.1, -0.05) is 0 Å². The van der Waals surface area contributed by atoms with Crippen LogP contribution in [0.25, 0.3) is 10.9 Å². The molecule has 1 fully saturated rings. The van der Waals surface area contributed by atoms with Crippen LogP contribution < -0.4 is 4.74 Å². The Balaban J connectivity index is 1.34. The third-order valence-corrected chi connectivity index (χ3v) is 7.45. The number of nitrogens with one attached hydrogen (secondary N) is 1. The molecule has 31 heavy (non-hydrogen) atoms. The summed E-state index contributed by atoms with van der Waals surface area (Å²) in [5.74, 6) is 0.640. The van der Waals surface area contributed by atoms with Gasteiger partial charge in [-0.05, 0) is 18.2 Å². The van der Waals surface area contributed by atoms with E-state index in [1.807, 2.05) is 23.1 Å². The van der Waals surface area contributed by atoms with Crippen LogP contribution >= 0.6 is 0 Å². The second-order valence-corrected chi connectivity index (χ2v) is 10.1. The lowest BCUT2D eigenvalue weighted by molar-refractivity contribution is -0.138. The van der Waals surface area contributed by atoms with Crippen molar-refractivity contribution in [3.8, 4) is 5.75 Å². The third kappa shape index (κ3) is 4.54. The topological polar surface area (TPSA) is 103 Å². The fourth-order valence-corrected chi connectivity index (χ4v) is 5.16. The number of ether oxygens (including phenoxy) is 1. The summed E-state index contributed by atoms with van der Waals surface area (Å²) in [6, 6.07) is 5.88. The SMILES string of the molecule is COc1ccc2[nH]c3c(c2c1)CN(C(=O)CCC(=O)N1CCN(S(C)(=O)=O)CC1)CC3. The van der Waals surface area contributed by atoms with E-state index in [1.54, 1.807) is 12.0 Å². The van der Waals surface area contributed by atoms with E-state index >= 15 is 0 Å². The van der Waals surface area contributed by atoms with Crippen molar-refractivity contribution in [3.05, 3.63) is 29.5 Å². The van der Waals surface area contributed by atoms with Crippen molar-refractivity contribution in [2.75, 3.05) is 46.1 Å². The van der Waals surface area contributed by atoms with Gasteiger partial charge < -0.3 is 19.5 Å². The van der Waals surface area contributed by atoms with E-state index in [0.717, 1.165) is 34.3 Å². The number of carbonyl (C=O) groups is 2. The van der Waals surface area contributed by atoms with Crippen molar-refractivity contribution in [2.24, 2.45) is 0 Å². The Hall–Kier alpha value is -2.59. The number of piperazine rings is 1. The normalized spacial score (nSPS) is 17.6. The first-order valence-corrected chi connectivity index (χ1v) is 12.3. The molecule has 1 N–H and O–H groups in total. The maximum absolute atomic E-state index is 12.8. The lowest BCUT2D eigenvalue weighted by atomic mass is 10.0. The summed E-state index contributed by atoms with van der Waals surface area (Å²) in [6.45, 7) is 2.48. The minimum absolute atomic E-state index is 0.0361. The number of amides is 2. The van der Waals surface area contributed by atoms with Gasteiger partial charge in [0.1, 0.15) is 5.75 Å². The molecule has 168 valence electrons. The number of carbonyl (C=O) groups excluding carboxylic acids is 2. The molecule has 0 unspecified atom stereocenters. The molecule has 4 rings (SSSR count). The van der Waals surface area contributed by atoms with E-state index < -0.39 is 10.0 Å². The minimum Gasteiger partial charge on any atom is -0.497 e. The molecule has 0 bridgehead atoms. The van der Waals surface area contributed by atoms with Crippen LogP contribution in [0.5, 0.6) is 5.75 Å². The van der Waals surface area contributed by atoms with Crippen LogP contribution in [0.15, 0.2) is 18.2 Å². The molecule has 0 spiro atoms. The largest absolute Gasteiger partial charge is 0.497 e. The summed E-state index contributed by atoms with van der Waals surface area (Å²) >= 11 is 0. The first-order valence-electron chi connectivity index (χ1n) is 10.4. The van der Waals surface area contributed by atoms with Gasteiger partial charge in [0.05, 0.1) is 13.4 Å². The molecule has 0 saturated carbocycles. The maximum Gasteiger partial charge on any atom is 0.223 e. The second kappa shape index (κ2) is 8.51. The molecule has 0 radical (unpaired) electrons. The summed E-state index contributed by atoms with van der Waals surface area (Å²) in [5.41, 5.74) is 3.28. The van der Waals surface area contributed by atoms with E-state index in [0.29, 0.717) is 39.3 Å². The quantitative estimate of drug-likeness (QED) is 0.734. The highest BCUT2D eigenvalue weighted by Gasteiger charge is 2.28. The molecule has 2 aliphatic heterocycles. The van der Waals surface area contributed by atoms with Crippen LogP contribution in [-0.2, 0) is 32.6 Å². The molecule has 1 saturated heterocycles. The van der Waals surface area contributed by atoms with Crippen LogP contribution in [0.4, 0.5) is 0 Å². The van der Waals surface area contributed by atoms with E-state index in [2.05, 4.69) is 4.98 Å². The van der Waals surface area contributed by atoms with Crippen molar-refractivity contribution in [3.63, 3.8) is 0 Å². The van der Waals surface area contributed by atoms with Gasteiger partial charge in [0, 0.05) is 80.7 Å². The van der Waals surface area contributed by atoms with Gasteiger partial charge >= 0.3 is 0 Å². The fraction of sp³-hybridized carbons (Fsp3) is 0.524. The maximum atomic E-state index is 12.8. The summed E-state index contributed by atoms with van der Waals surface area (Å²) in [4.78, 5) is 32.2. The van der Waals surface area contributed by atoms with Gasteiger partial charge in [0.15, 0.2) is 0 Å². The van der Waals surface area contributed by atoms with Crippen molar-refractivity contribution in [1.82, 2.24) is 19.1 Å². The predicted octanol–water partition coefficient (Wildman–Crippen LogP) is 0.945. The molecule has 2 aliphatic rings. The molecule has 1 aromatic heterocycles. The van der Waals surface area contributed by atoms with Gasteiger partial charge in [-0.15, -0.1) is 0 Å². The van der Waals surface area contributed by atoms with Gasteiger partial charge in [0.25, 0.3) is 0 Å². The average molecular weight is 449 g/mol. The summed E-state index contributed by atoms with van der Waals surface area (Å²) in [6.07, 6.45) is 2.23. The number of nitrogens with zero attached hydrogens (tertiary/aromatic N) is 3. The first-order chi connectivity index (χ1) is 14.8. The Morgan fingerprint density at radius 3 is 2.35 bits per heavy atom. The van der Waals surface area contributed by atoms with Gasteiger partial charge in [-0.25, -0.2) is 8.42 Å². The summed E-state index contributed by atoms with van der Waals surface area (Å²) in [7, 11) is -1.60. The molecule has 2 amide bonds. The zero-order valence-electron chi connectivity index (χ0n) is 17.9. The Bertz CT molecular complexity index is 1100. The second-order valence-electron chi connectivity index (χ2n) is 8.10. The van der Waals surface area contributed by atoms with Crippen LogP contribution in [0, 0.1) is 0 Å². The van der Waals surface area contributed by atoms with Crippen molar-refractivity contribution in [2.45, 2.75) is 25.8 Å². The highest BCUT2D eigenvalue weighted by Crippen LogP contribution is 2.30. The standard InChI is InChI=1S/C21H28N4O5S/c1-30-15-3-4-18-16(13-15)17-14-24(8-7-19(17)22-18)21(27)6-5-20(26)23-9-11-25(12-10-23)31(2,28)29/h3-4,13,22H,5-12,14H2,1-2H3. The third-order valence-electron chi connectivity index (χ3n) is 6.15. The zero-order valence-corrected chi connectivity index (χ0v) is 18.7. The van der Waals surface area contributed by atoms with Gasteiger partial charge in [-0.3, -0.25) is 9.59 Å². The minimum atomic E-state index is -3.23. The van der Waals surface area contributed by atoms with Gasteiger partial charge in [-0.2, -0.15) is 4.31 Å². The highest BCUT2D eigenvalue weighted by atomic mass is 32.2. The predicted molar refractivity (Wildman–Crippen MR) is 116 cm³/mol. The number of aromatic nitrogens is 1. The monoisotopic (exact) mass is 448 g/mol. The van der Waals surface area contributed by atoms with Crippen LogP contribution in [0.2, 0.25) is 0 Å². The zero-order chi connectivity index (χ0) is 22.2. The number of hydrogen-bond acceptors (Lipinski definition) is 5. The van der Waals surface area contributed by atoms with Crippen molar-refractivity contribution < 1.29 is 22.7 Å². The van der Waals surface area contributed by atoms with E-state index in [1.165, 1.54) is 10.6 Å². The molecule has 9 nitrogen and oxygen atoms in total. The number of sulfonamides is 1. The van der Waals surface area contributed by atoms with E-state index in [-0.39, 0.29) is 24.7 Å². The molecular weight excluding hydrogens is 420 g/mol. The lowest BCUT2D eigenvalue weighted by Crippen LogP contribution is -2.50. The number of methoxy groups -OCH3 is 1. The number of hydrogen-bond donors (Lipinski definition) is 1. The first kappa shape index (κ1) is 21.6. The van der Waals surface area contributed by atoms with Crippen molar-refractivity contribution >= 4 is 32.7 Å². The summed E-state index contributed by atoms with van der Waals surface area (Å²) < 4.78 is 29.9. The number of rotatable bonds is 5. The molecule has 0 aliphatic carbocycles.